The van der Waals surface area contributed by atoms with Crippen molar-refractivity contribution in [3.63, 3.8) is 0 Å². The summed E-state index contributed by atoms with van der Waals surface area (Å²) in [6.45, 7) is 6.99. The first-order valence-corrected chi connectivity index (χ1v) is 4.23. The van der Waals surface area contributed by atoms with Crippen LogP contribution in [-0.2, 0) is 9.47 Å². The molecule has 1 N–H and O–H groups in total. The van der Waals surface area contributed by atoms with Gasteiger partial charge in [-0.3, -0.25) is 5.32 Å². The van der Waals surface area contributed by atoms with Crippen molar-refractivity contribution in [1.29, 1.82) is 0 Å². The summed E-state index contributed by atoms with van der Waals surface area (Å²) in [5.74, 6) is 0.632. The second-order valence-electron chi connectivity index (χ2n) is 3.21. The molecule has 1 unspecified atom stereocenters. The van der Waals surface area contributed by atoms with Crippen LogP contribution in [0.4, 0.5) is 0 Å². The highest BCUT2D eigenvalue weighted by Gasteiger charge is 2.22. The Morgan fingerprint density at radius 3 is 2.36 bits per heavy atom. The number of rotatable bonds is 4. The molecule has 0 aromatic heterocycles. The summed E-state index contributed by atoms with van der Waals surface area (Å²) in [4.78, 5) is 0. The van der Waals surface area contributed by atoms with Gasteiger partial charge in [0.2, 0.25) is 6.41 Å². The summed E-state index contributed by atoms with van der Waals surface area (Å²) in [5, 5.41) is 3.26. The minimum absolute atomic E-state index is 0.151. The average Bonchev–Trinajstić information content (AvgIpc) is 1.85. The van der Waals surface area contributed by atoms with Gasteiger partial charge in [0.05, 0.1) is 0 Å². The zero-order valence-electron chi connectivity index (χ0n) is 7.46. The van der Waals surface area contributed by atoms with Crippen LogP contribution in [0.1, 0.15) is 27.2 Å². The third kappa shape index (κ3) is 2.43. The van der Waals surface area contributed by atoms with Gasteiger partial charge in [-0.05, 0) is 12.3 Å². The first-order valence-electron chi connectivity index (χ1n) is 4.23. The Labute approximate surface area is 68.1 Å². The Bertz CT molecular complexity index is 113. The first kappa shape index (κ1) is 8.97. The molecule has 0 aliphatic carbocycles. The molecule has 1 aliphatic rings. The monoisotopic (exact) mass is 159 g/mol. The van der Waals surface area contributed by atoms with Crippen LogP contribution in [0.3, 0.4) is 0 Å². The predicted octanol–water partition coefficient (Wildman–Crippen LogP) is 1.30. The highest BCUT2D eigenvalue weighted by atomic mass is 16.9. The number of hydrogen-bond acceptors (Lipinski definition) is 3. The van der Waals surface area contributed by atoms with E-state index in [1.165, 1.54) is 0 Å². The van der Waals surface area contributed by atoms with Crippen LogP contribution in [-0.4, -0.2) is 19.2 Å². The van der Waals surface area contributed by atoms with Crippen LogP contribution >= 0.6 is 0 Å². The van der Waals surface area contributed by atoms with Gasteiger partial charge in [-0.1, -0.05) is 20.8 Å². The molecule has 1 aliphatic heterocycles. The molecule has 1 heterocycles. The van der Waals surface area contributed by atoms with Gasteiger partial charge in [0, 0.05) is 6.04 Å². The lowest BCUT2D eigenvalue weighted by molar-refractivity contribution is -0.336. The second kappa shape index (κ2) is 4.04. The van der Waals surface area contributed by atoms with E-state index < -0.39 is 0 Å². The molecule has 0 bridgehead atoms. The molecule has 1 saturated heterocycles. The van der Waals surface area contributed by atoms with Gasteiger partial charge in [-0.15, -0.1) is 0 Å². The fourth-order valence-electron chi connectivity index (χ4n) is 1.19. The molecule has 0 spiro atoms. The van der Waals surface area contributed by atoms with E-state index in [9.17, 15) is 0 Å². The van der Waals surface area contributed by atoms with Crippen LogP contribution in [0.5, 0.6) is 0 Å². The zero-order valence-corrected chi connectivity index (χ0v) is 7.46. The Hall–Kier alpha value is -0.120. The zero-order chi connectivity index (χ0) is 8.27. The standard InChI is InChI=1S/C8H17NO2/c1-4-7(6(2)3)9-8-10-5-11-8/h6-9H,4-5H2,1-3H3. The van der Waals surface area contributed by atoms with Gasteiger partial charge in [-0.25, -0.2) is 0 Å². The van der Waals surface area contributed by atoms with Gasteiger partial charge in [0.25, 0.3) is 0 Å². The van der Waals surface area contributed by atoms with Crippen LogP contribution in [0.25, 0.3) is 0 Å². The lowest BCUT2D eigenvalue weighted by Crippen LogP contribution is -2.49. The predicted molar refractivity (Wildman–Crippen MR) is 42.9 cm³/mol. The van der Waals surface area contributed by atoms with Crippen LogP contribution in [0.15, 0.2) is 0 Å². The fourth-order valence-corrected chi connectivity index (χ4v) is 1.19. The third-order valence-electron chi connectivity index (χ3n) is 2.03. The van der Waals surface area contributed by atoms with Crippen LogP contribution < -0.4 is 5.32 Å². The van der Waals surface area contributed by atoms with Crippen molar-refractivity contribution in [1.82, 2.24) is 5.32 Å². The molecule has 0 amide bonds. The van der Waals surface area contributed by atoms with Crippen molar-refractivity contribution in [2.24, 2.45) is 5.92 Å². The van der Waals surface area contributed by atoms with Crippen molar-refractivity contribution in [2.75, 3.05) is 6.79 Å². The Kier molecular flexibility index (Phi) is 3.30. The maximum atomic E-state index is 5.08. The normalized spacial score (nSPS) is 21.8. The molecule has 0 aromatic rings. The van der Waals surface area contributed by atoms with Crippen molar-refractivity contribution in [3.05, 3.63) is 0 Å². The Morgan fingerprint density at radius 1 is 1.45 bits per heavy atom. The third-order valence-corrected chi connectivity index (χ3v) is 2.03. The largest absolute Gasteiger partial charge is 0.313 e. The Balaban J connectivity index is 2.19. The summed E-state index contributed by atoms with van der Waals surface area (Å²) in [6.07, 6.45) is 0.961. The Morgan fingerprint density at radius 2 is 2.09 bits per heavy atom. The van der Waals surface area contributed by atoms with Gasteiger partial charge >= 0.3 is 0 Å². The topological polar surface area (TPSA) is 30.5 Å². The van der Waals surface area contributed by atoms with E-state index in [4.69, 9.17) is 9.47 Å². The molecule has 3 heteroatoms. The summed E-state index contributed by atoms with van der Waals surface area (Å²) in [6, 6.07) is 0.500. The molecular formula is C8H17NO2. The van der Waals surface area contributed by atoms with E-state index >= 15 is 0 Å². The summed E-state index contributed by atoms with van der Waals surface area (Å²) >= 11 is 0. The van der Waals surface area contributed by atoms with E-state index in [1.54, 1.807) is 0 Å². The highest BCUT2D eigenvalue weighted by molar-refractivity contribution is 4.68. The van der Waals surface area contributed by atoms with Gasteiger partial charge < -0.3 is 9.47 Å². The van der Waals surface area contributed by atoms with Crippen LogP contribution in [0.2, 0.25) is 0 Å². The van der Waals surface area contributed by atoms with Crippen molar-refractivity contribution < 1.29 is 9.47 Å². The number of ether oxygens (including phenoxy) is 2. The SMILES string of the molecule is CCC(NC1OCO1)C(C)C. The summed E-state index contributed by atoms with van der Waals surface area (Å²) in [5.41, 5.74) is 0. The molecule has 11 heavy (non-hydrogen) atoms. The van der Waals surface area contributed by atoms with Gasteiger partial charge in [0.1, 0.15) is 0 Å². The van der Waals surface area contributed by atoms with Gasteiger partial charge in [0.15, 0.2) is 6.79 Å². The van der Waals surface area contributed by atoms with Crippen molar-refractivity contribution in [3.8, 4) is 0 Å². The van der Waals surface area contributed by atoms with E-state index in [1.807, 2.05) is 0 Å². The number of hydrogen-bond donors (Lipinski definition) is 1. The molecule has 1 rings (SSSR count). The summed E-state index contributed by atoms with van der Waals surface area (Å²) < 4.78 is 10.2. The smallest absolute Gasteiger partial charge is 0.220 e. The fraction of sp³-hybridized carbons (Fsp3) is 1.00. The average molecular weight is 159 g/mol. The van der Waals surface area contributed by atoms with E-state index in [0.717, 1.165) is 6.42 Å². The maximum absolute atomic E-state index is 5.08. The molecule has 0 radical (unpaired) electrons. The highest BCUT2D eigenvalue weighted by Crippen LogP contribution is 2.10. The summed E-state index contributed by atoms with van der Waals surface area (Å²) in [7, 11) is 0. The molecule has 0 aromatic carbocycles. The molecule has 0 saturated carbocycles. The molecule has 66 valence electrons. The van der Waals surface area contributed by atoms with Crippen LogP contribution in [0, 0.1) is 5.92 Å². The lowest BCUT2D eigenvalue weighted by atomic mass is 10.0. The van der Waals surface area contributed by atoms with E-state index in [-0.39, 0.29) is 6.41 Å². The van der Waals surface area contributed by atoms with Gasteiger partial charge in [-0.2, -0.15) is 0 Å². The molecule has 1 atom stereocenters. The van der Waals surface area contributed by atoms with E-state index in [2.05, 4.69) is 26.1 Å². The minimum Gasteiger partial charge on any atom is -0.313 e. The lowest BCUT2D eigenvalue weighted by Gasteiger charge is -2.32. The van der Waals surface area contributed by atoms with Crippen molar-refractivity contribution >= 4 is 0 Å². The first-order chi connectivity index (χ1) is 5.24. The molecule has 3 nitrogen and oxygen atoms in total. The second-order valence-corrected chi connectivity index (χ2v) is 3.21. The maximum Gasteiger partial charge on any atom is 0.220 e. The molecule has 1 fully saturated rings. The number of nitrogens with one attached hydrogen (secondary N) is 1. The van der Waals surface area contributed by atoms with E-state index in [0.29, 0.717) is 18.8 Å². The van der Waals surface area contributed by atoms with Crippen molar-refractivity contribution in [2.45, 2.75) is 39.6 Å². The minimum atomic E-state index is -0.151. The molecular weight excluding hydrogens is 142 g/mol. The quantitative estimate of drug-likeness (QED) is 0.670.